The Morgan fingerprint density at radius 3 is 2.54 bits per heavy atom. The van der Waals surface area contributed by atoms with Crippen molar-refractivity contribution in [2.75, 3.05) is 12.4 Å². The molecule has 3 rings (SSSR count). The summed E-state index contributed by atoms with van der Waals surface area (Å²) in [6, 6.07) is 6.89. The van der Waals surface area contributed by atoms with Gasteiger partial charge in [0.1, 0.15) is 10.8 Å². The van der Waals surface area contributed by atoms with Gasteiger partial charge in [0.15, 0.2) is 0 Å². The number of nitrogens with one attached hydrogen (secondary N) is 2. The number of rotatable bonds is 7. The number of anilines is 1. The maximum Gasteiger partial charge on any atom is 0.228 e. The highest BCUT2D eigenvalue weighted by molar-refractivity contribution is 7.15. The van der Waals surface area contributed by atoms with Crippen LogP contribution in [-0.4, -0.2) is 29.1 Å². The number of nitrogens with zero attached hydrogens (tertiary/aromatic N) is 2. The molecule has 150 valence electrons. The number of ether oxygens (including phenoxy) is 1. The first-order valence-corrected chi connectivity index (χ1v) is 10.4. The number of carbonyl (C=O) groups is 2. The number of hydrogen-bond acceptors (Lipinski definition) is 6. The van der Waals surface area contributed by atoms with Crippen molar-refractivity contribution in [3.63, 3.8) is 0 Å². The molecule has 1 aromatic carbocycles. The summed E-state index contributed by atoms with van der Waals surface area (Å²) in [7, 11) is 1.59. The minimum absolute atomic E-state index is 0.115. The van der Waals surface area contributed by atoms with E-state index in [2.05, 4.69) is 20.8 Å². The lowest BCUT2D eigenvalue weighted by molar-refractivity contribution is -0.120. The van der Waals surface area contributed by atoms with Crippen LogP contribution in [0.4, 0.5) is 5.13 Å². The molecule has 0 radical (unpaired) electrons. The number of benzene rings is 1. The van der Waals surface area contributed by atoms with Gasteiger partial charge in [-0.2, -0.15) is 0 Å². The molecule has 1 aliphatic carbocycles. The summed E-state index contributed by atoms with van der Waals surface area (Å²) in [5, 5.41) is 15.6. The molecule has 0 aliphatic heterocycles. The fraction of sp³-hybridized carbons (Fsp3) is 0.500. The average Bonchev–Trinajstić information content (AvgIpc) is 3.16. The highest BCUT2D eigenvalue weighted by Gasteiger charge is 2.22. The maximum absolute atomic E-state index is 12.5. The molecule has 1 aliphatic rings. The zero-order valence-corrected chi connectivity index (χ0v) is 17.1. The second-order valence-corrected chi connectivity index (χ2v) is 8.07. The molecule has 1 aromatic heterocycles. The summed E-state index contributed by atoms with van der Waals surface area (Å²) in [4.78, 5) is 24.1. The van der Waals surface area contributed by atoms with Crippen molar-refractivity contribution in [1.82, 2.24) is 15.5 Å². The van der Waals surface area contributed by atoms with Crippen LogP contribution in [0.15, 0.2) is 24.3 Å². The molecule has 2 N–H and O–H groups in total. The van der Waals surface area contributed by atoms with E-state index in [1.54, 1.807) is 7.11 Å². The summed E-state index contributed by atoms with van der Waals surface area (Å²) in [5.41, 5.74) is 0.839. The van der Waals surface area contributed by atoms with E-state index >= 15 is 0 Å². The van der Waals surface area contributed by atoms with Gasteiger partial charge in [0.25, 0.3) is 0 Å². The molecule has 1 heterocycles. The number of hydrogen-bond donors (Lipinski definition) is 2. The quantitative estimate of drug-likeness (QED) is 0.735. The number of methoxy groups -OCH3 is 1. The van der Waals surface area contributed by atoms with Crippen LogP contribution >= 0.6 is 11.3 Å². The first-order valence-electron chi connectivity index (χ1n) is 9.59. The van der Waals surface area contributed by atoms with Crippen molar-refractivity contribution in [3.8, 4) is 5.75 Å². The van der Waals surface area contributed by atoms with Crippen LogP contribution < -0.4 is 15.4 Å². The zero-order valence-electron chi connectivity index (χ0n) is 16.2. The third-order valence-corrected chi connectivity index (χ3v) is 5.93. The Morgan fingerprint density at radius 1 is 1.18 bits per heavy atom. The van der Waals surface area contributed by atoms with Crippen LogP contribution in [0.3, 0.4) is 0 Å². The van der Waals surface area contributed by atoms with E-state index in [1.165, 1.54) is 37.5 Å². The third-order valence-electron chi connectivity index (χ3n) is 4.93. The smallest absolute Gasteiger partial charge is 0.228 e. The van der Waals surface area contributed by atoms with Crippen molar-refractivity contribution in [2.24, 2.45) is 0 Å². The van der Waals surface area contributed by atoms with Crippen molar-refractivity contribution < 1.29 is 14.3 Å². The van der Waals surface area contributed by atoms with E-state index in [0.717, 1.165) is 29.2 Å². The number of amides is 2. The molecule has 2 aromatic rings. The fourth-order valence-corrected chi connectivity index (χ4v) is 4.42. The molecule has 1 atom stereocenters. The van der Waals surface area contributed by atoms with Gasteiger partial charge in [-0.25, -0.2) is 0 Å². The second kappa shape index (κ2) is 9.64. The lowest BCUT2D eigenvalue weighted by Gasteiger charge is -2.18. The van der Waals surface area contributed by atoms with E-state index < -0.39 is 6.04 Å². The van der Waals surface area contributed by atoms with Crippen molar-refractivity contribution in [3.05, 3.63) is 34.8 Å². The molecule has 8 heteroatoms. The van der Waals surface area contributed by atoms with Crippen LogP contribution in [0, 0.1) is 0 Å². The van der Waals surface area contributed by atoms with Gasteiger partial charge < -0.3 is 15.4 Å². The van der Waals surface area contributed by atoms with Crippen molar-refractivity contribution in [1.29, 1.82) is 0 Å². The summed E-state index contributed by atoms with van der Waals surface area (Å²) >= 11 is 1.45. The predicted molar refractivity (Wildman–Crippen MR) is 109 cm³/mol. The SMILES string of the molecule is COc1ccc(C(CC(=O)Nc2nnc(C3CCCCC3)s2)NC(C)=O)cc1. The Labute approximate surface area is 168 Å². The normalized spacial score (nSPS) is 15.6. The van der Waals surface area contributed by atoms with E-state index in [4.69, 9.17) is 4.74 Å². The average molecular weight is 403 g/mol. The van der Waals surface area contributed by atoms with Crippen LogP contribution in [0.5, 0.6) is 5.75 Å². The topological polar surface area (TPSA) is 93.2 Å². The summed E-state index contributed by atoms with van der Waals surface area (Å²) in [6.07, 6.45) is 6.15. The highest BCUT2D eigenvalue weighted by atomic mass is 32.1. The molecule has 7 nitrogen and oxygen atoms in total. The van der Waals surface area contributed by atoms with Gasteiger partial charge in [-0.15, -0.1) is 10.2 Å². The molecule has 28 heavy (non-hydrogen) atoms. The van der Waals surface area contributed by atoms with Gasteiger partial charge in [0, 0.05) is 12.8 Å². The van der Waals surface area contributed by atoms with Gasteiger partial charge in [0.2, 0.25) is 16.9 Å². The maximum atomic E-state index is 12.5. The molecule has 2 amide bonds. The summed E-state index contributed by atoms with van der Waals surface area (Å²) in [6.45, 7) is 1.44. The minimum Gasteiger partial charge on any atom is -0.497 e. The van der Waals surface area contributed by atoms with Crippen LogP contribution in [0.2, 0.25) is 0 Å². The highest BCUT2D eigenvalue weighted by Crippen LogP contribution is 2.35. The van der Waals surface area contributed by atoms with Crippen LogP contribution in [0.25, 0.3) is 0 Å². The summed E-state index contributed by atoms with van der Waals surface area (Å²) < 4.78 is 5.16. The Bertz CT molecular complexity index is 800. The van der Waals surface area contributed by atoms with E-state index in [1.807, 2.05) is 24.3 Å². The Hall–Kier alpha value is -2.48. The molecule has 1 unspecified atom stereocenters. The van der Waals surface area contributed by atoms with Gasteiger partial charge in [-0.1, -0.05) is 42.7 Å². The third kappa shape index (κ3) is 5.51. The first-order chi connectivity index (χ1) is 13.5. The minimum atomic E-state index is -0.422. The van der Waals surface area contributed by atoms with Crippen LogP contribution in [0.1, 0.15) is 68.0 Å². The first kappa shape index (κ1) is 20.3. The standard InChI is InChI=1S/C20H26N4O3S/c1-13(25)21-17(14-8-10-16(27-2)11-9-14)12-18(26)22-20-24-23-19(28-20)15-6-4-3-5-7-15/h8-11,15,17H,3-7,12H2,1-2H3,(H,21,25)(H,22,24,26). The Balaban J connectivity index is 1.63. The van der Waals surface area contributed by atoms with Crippen molar-refractivity contribution >= 4 is 28.3 Å². The Morgan fingerprint density at radius 2 is 1.89 bits per heavy atom. The Kier molecular flexibility index (Phi) is 6.97. The number of aromatic nitrogens is 2. The van der Waals surface area contributed by atoms with E-state index in [9.17, 15) is 9.59 Å². The monoisotopic (exact) mass is 402 g/mol. The van der Waals surface area contributed by atoms with Gasteiger partial charge in [-0.05, 0) is 30.5 Å². The van der Waals surface area contributed by atoms with Crippen molar-refractivity contribution in [2.45, 2.75) is 57.4 Å². The van der Waals surface area contributed by atoms with E-state index in [-0.39, 0.29) is 18.2 Å². The molecule has 0 saturated heterocycles. The molecule has 1 fully saturated rings. The molecular weight excluding hydrogens is 376 g/mol. The summed E-state index contributed by atoms with van der Waals surface area (Å²) in [5.74, 6) is 0.784. The molecular formula is C20H26N4O3S. The predicted octanol–water partition coefficient (Wildman–Crippen LogP) is 3.80. The number of carbonyl (C=O) groups excluding carboxylic acids is 2. The zero-order chi connectivity index (χ0) is 19.9. The van der Waals surface area contributed by atoms with Gasteiger partial charge in [-0.3, -0.25) is 9.59 Å². The largest absolute Gasteiger partial charge is 0.497 e. The molecule has 0 spiro atoms. The molecule has 0 bridgehead atoms. The van der Waals surface area contributed by atoms with Gasteiger partial charge >= 0.3 is 0 Å². The lowest BCUT2D eigenvalue weighted by atomic mass is 9.90. The van der Waals surface area contributed by atoms with Crippen LogP contribution in [-0.2, 0) is 9.59 Å². The lowest BCUT2D eigenvalue weighted by Crippen LogP contribution is -2.29. The fourth-order valence-electron chi connectivity index (χ4n) is 3.49. The second-order valence-electron chi connectivity index (χ2n) is 7.06. The van der Waals surface area contributed by atoms with E-state index in [0.29, 0.717) is 11.0 Å². The van der Waals surface area contributed by atoms with Gasteiger partial charge in [0.05, 0.1) is 19.6 Å². The molecule has 1 saturated carbocycles.